The Morgan fingerprint density at radius 1 is 1.43 bits per heavy atom. The van der Waals surface area contributed by atoms with Crippen LogP contribution in [0.15, 0.2) is 0 Å². The molecule has 1 saturated carbocycles. The van der Waals surface area contributed by atoms with Gasteiger partial charge in [0.05, 0.1) is 0 Å². The van der Waals surface area contributed by atoms with Crippen molar-refractivity contribution in [1.82, 2.24) is 5.32 Å². The van der Waals surface area contributed by atoms with Crippen LogP contribution in [-0.4, -0.2) is 17.3 Å². The summed E-state index contributed by atoms with van der Waals surface area (Å²) in [6.45, 7) is 2.14. The first-order chi connectivity index (χ1) is 6.74. The molecule has 0 radical (unpaired) electrons. The fourth-order valence-electron chi connectivity index (χ4n) is 2.16. The van der Waals surface area contributed by atoms with Gasteiger partial charge in [0.15, 0.2) is 0 Å². The van der Waals surface area contributed by atoms with Crippen LogP contribution >= 0.6 is 15.9 Å². The third kappa shape index (κ3) is 3.99. The minimum Gasteiger partial charge on any atom is -0.353 e. The number of hydrogen-bond donors (Lipinski definition) is 1. The minimum atomic E-state index is 0.181. The molecule has 1 aliphatic rings. The fraction of sp³-hybridized carbons (Fsp3) is 0.909. The molecule has 0 aromatic rings. The van der Waals surface area contributed by atoms with Crippen LogP contribution in [-0.2, 0) is 4.79 Å². The number of rotatable bonds is 4. The molecule has 1 N–H and O–H groups in total. The maximum absolute atomic E-state index is 11.4. The van der Waals surface area contributed by atoms with E-state index in [4.69, 9.17) is 0 Å². The predicted octanol–water partition coefficient (Wildman–Crippen LogP) is 2.86. The van der Waals surface area contributed by atoms with Crippen LogP contribution in [0.5, 0.6) is 0 Å². The first-order valence-corrected chi connectivity index (χ1v) is 6.71. The van der Waals surface area contributed by atoms with Crippen molar-refractivity contribution in [2.24, 2.45) is 5.92 Å². The zero-order valence-electron chi connectivity index (χ0n) is 8.89. The van der Waals surface area contributed by atoms with E-state index in [1.807, 2.05) is 0 Å². The topological polar surface area (TPSA) is 29.1 Å². The summed E-state index contributed by atoms with van der Waals surface area (Å²) in [5.74, 6) is 0.892. The normalized spacial score (nSPS) is 20.4. The SMILES string of the molecule is C[C@H](NC(=O)CCBr)C1CCCCC1. The van der Waals surface area contributed by atoms with Crippen molar-refractivity contribution in [3.8, 4) is 0 Å². The van der Waals surface area contributed by atoms with Crippen LogP contribution in [0.4, 0.5) is 0 Å². The lowest BCUT2D eigenvalue weighted by Crippen LogP contribution is -2.38. The van der Waals surface area contributed by atoms with E-state index in [0.717, 1.165) is 5.33 Å². The van der Waals surface area contributed by atoms with E-state index in [-0.39, 0.29) is 5.91 Å². The standard InChI is InChI=1S/C11H20BrNO/c1-9(13-11(14)7-8-12)10-5-3-2-4-6-10/h9-10H,2-8H2,1H3,(H,13,14)/t9-/m0/s1. The first kappa shape index (κ1) is 12.0. The largest absolute Gasteiger partial charge is 0.353 e. The zero-order chi connectivity index (χ0) is 10.4. The summed E-state index contributed by atoms with van der Waals surface area (Å²) < 4.78 is 0. The number of alkyl halides is 1. The van der Waals surface area contributed by atoms with Crippen LogP contribution < -0.4 is 5.32 Å². The molecule has 0 bridgehead atoms. The summed E-state index contributed by atoms with van der Waals surface area (Å²) in [5, 5.41) is 3.84. The highest BCUT2D eigenvalue weighted by atomic mass is 79.9. The highest BCUT2D eigenvalue weighted by molar-refractivity contribution is 9.09. The molecule has 1 rings (SSSR count). The molecular weight excluding hydrogens is 242 g/mol. The molecular formula is C11H20BrNO. The Bertz CT molecular complexity index is 178. The van der Waals surface area contributed by atoms with E-state index in [0.29, 0.717) is 18.4 Å². The van der Waals surface area contributed by atoms with Gasteiger partial charge < -0.3 is 5.32 Å². The molecule has 0 aromatic heterocycles. The molecule has 2 nitrogen and oxygen atoms in total. The molecule has 0 aromatic carbocycles. The lowest BCUT2D eigenvalue weighted by atomic mass is 9.84. The molecule has 1 fully saturated rings. The highest BCUT2D eigenvalue weighted by Crippen LogP contribution is 2.26. The van der Waals surface area contributed by atoms with Crippen LogP contribution in [0.2, 0.25) is 0 Å². The summed E-state index contributed by atoms with van der Waals surface area (Å²) in [4.78, 5) is 11.4. The number of carbonyl (C=O) groups is 1. The second-order valence-corrected chi connectivity index (χ2v) is 4.99. The van der Waals surface area contributed by atoms with Gasteiger partial charge in [0.25, 0.3) is 0 Å². The summed E-state index contributed by atoms with van der Waals surface area (Å²) in [7, 11) is 0. The van der Waals surface area contributed by atoms with E-state index in [1.54, 1.807) is 0 Å². The van der Waals surface area contributed by atoms with Gasteiger partial charge in [-0.3, -0.25) is 4.79 Å². The Labute approximate surface area is 95.0 Å². The molecule has 14 heavy (non-hydrogen) atoms. The van der Waals surface area contributed by atoms with E-state index >= 15 is 0 Å². The molecule has 0 spiro atoms. The van der Waals surface area contributed by atoms with Gasteiger partial charge >= 0.3 is 0 Å². The van der Waals surface area contributed by atoms with Crippen molar-refractivity contribution in [3.05, 3.63) is 0 Å². The van der Waals surface area contributed by atoms with Gasteiger partial charge in [0.1, 0.15) is 0 Å². The lowest BCUT2D eigenvalue weighted by Gasteiger charge is -2.28. The molecule has 0 aliphatic heterocycles. The maximum atomic E-state index is 11.4. The molecule has 1 atom stereocenters. The van der Waals surface area contributed by atoms with Crippen molar-refractivity contribution in [2.75, 3.05) is 5.33 Å². The zero-order valence-corrected chi connectivity index (χ0v) is 10.5. The number of amides is 1. The summed E-state index contributed by atoms with van der Waals surface area (Å²) in [6.07, 6.45) is 7.22. The predicted molar refractivity (Wildman–Crippen MR) is 62.6 cm³/mol. The lowest BCUT2D eigenvalue weighted by molar-refractivity contribution is -0.121. The second-order valence-electron chi connectivity index (χ2n) is 4.19. The monoisotopic (exact) mass is 261 g/mol. The average molecular weight is 262 g/mol. The third-order valence-electron chi connectivity index (χ3n) is 3.07. The number of halogens is 1. The maximum Gasteiger partial charge on any atom is 0.221 e. The van der Waals surface area contributed by atoms with Gasteiger partial charge in [0, 0.05) is 17.8 Å². The Hall–Kier alpha value is -0.0500. The minimum absolute atomic E-state index is 0.181. The van der Waals surface area contributed by atoms with Crippen LogP contribution in [0.1, 0.15) is 45.4 Å². The van der Waals surface area contributed by atoms with Crippen LogP contribution in [0, 0.1) is 5.92 Å². The third-order valence-corrected chi connectivity index (χ3v) is 3.46. The van der Waals surface area contributed by atoms with E-state index in [2.05, 4.69) is 28.2 Å². The van der Waals surface area contributed by atoms with E-state index in [9.17, 15) is 4.79 Å². The molecule has 0 heterocycles. The molecule has 0 unspecified atom stereocenters. The molecule has 1 aliphatic carbocycles. The first-order valence-electron chi connectivity index (χ1n) is 5.59. The Kier molecular flexibility index (Phi) is 5.53. The van der Waals surface area contributed by atoms with Crippen LogP contribution in [0.3, 0.4) is 0 Å². The molecule has 1 amide bonds. The smallest absolute Gasteiger partial charge is 0.221 e. The Morgan fingerprint density at radius 3 is 2.64 bits per heavy atom. The Balaban J connectivity index is 2.25. The van der Waals surface area contributed by atoms with E-state index in [1.165, 1.54) is 32.1 Å². The van der Waals surface area contributed by atoms with Crippen molar-refractivity contribution >= 4 is 21.8 Å². The van der Waals surface area contributed by atoms with Gasteiger partial charge in [-0.1, -0.05) is 35.2 Å². The summed E-state index contributed by atoms with van der Waals surface area (Å²) in [6, 6.07) is 0.363. The number of nitrogens with one attached hydrogen (secondary N) is 1. The summed E-state index contributed by atoms with van der Waals surface area (Å²) in [5.41, 5.74) is 0. The fourth-order valence-corrected chi connectivity index (χ4v) is 2.52. The molecule has 0 saturated heterocycles. The highest BCUT2D eigenvalue weighted by Gasteiger charge is 2.20. The van der Waals surface area contributed by atoms with Crippen LogP contribution in [0.25, 0.3) is 0 Å². The second kappa shape index (κ2) is 6.44. The van der Waals surface area contributed by atoms with Crippen molar-refractivity contribution < 1.29 is 4.79 Å². The van der Waals surface area contributed by atoms with Gasteiger partial charge in [0.2, 0.25) is 5.91 Å². The van der Waals surface area contributed by atoms with Crippen molar-refractivity contribution in [2.45, 2.75) is 51.5 Å². The van der Waals surface area contributed by atoms with Gasteiger partial charge in [-0.15, -0.1) is 0 Å². The molecule has 82 valence electrons. The van der Waals surface area contributed by atoms with Crippen molar-refractivity contribution in [3.63, 3.8) is 0 Å². The van der Waals surface area contributed by atoms with Gasteiger partial charge in [-0.25, -0.2) is 0 Å². The summed E-state index contributed by atoms with van der Waals surface area (Å²) >= 11 is 3.28. The van der Waals surface area contributed by atoms with Gasteiger partial charge in [-0.05, 0) is 25.7 Å². The quantitative estimate of drug-likeness (QED) is 0.775. The number of hydrogen-bond acceptors (Lipinski definition) is 1. The van der Waals surface area contributed by atoms with E-state index < -0.39 is 0 Å². The number of carbonyl (C=O) groups excluding carboxylic acids is 1. The average Bonchev–Trinajstić information content (AvgIpc) is 2.19. The Morgan fingerprint density at radius 2 is 2.07 bits per heavy atom. The molecule has 3 heteroatoms. The van der Waals surface area contributed by atoms with Crippen molar-refractivity contribution in [1.29, 1.82) is 0 Å². The van der Waals surface area contributed by atoms with Gasteiger partial charge in [-0.2, -0.15) is 0 Å².